The maximum Gasteiger partial charge on any atom is 0.325 e. The van der Waals surface area contributed by atoms with Crippen LogP contribution in [-0.4, -0.2) is 23.6 Å². The molecule has 1 N–H and O–H groups in total. The Kier molecular flexibility index (Phi) is 6.06. The summed E-state index contributed by atoms with van der Waals surface area (Å²) in [5, 5.41) is 6.33. The molecule has 7 heteroatoms. The highest BCUT2D eigenvalue weighted by molar-refractivity contribution is 5.96. The van der Waals surface area contributed by atoms with Crippen molar-refractivity contribution in [3.63, 3.8) is 0 Å². The van der Waals surface area contributed by atoms with Gasteiger partial charge < -0.3 is 19.3 Å². The number of esters is 1. The number of hydrogen-bond acceptors (Lipinski definition) is 6. The van der Waals surface area contributed by atoms with Crippen LogP contribution in [0.5, 0.6) is 11.5 Å². The second kappa shape index (κ2) is 8.85. The number of para-hydroxylation sites is 1. The van der Waals surface area contributed by atoms with Gasteiger partial charge in [-0.1, -0.05) is 23.4 Å². The van der Waals surface area contributed by atoms with Crippen molar-refractivity contribution < 1.29 is 23.6 Å². The van der Waals surface area contributed by atoms with Crippen LogP contribution >= 0.6 is 0 Å². The third-order valence-corrected chi connectivity index (χ3v) is 4.05. The first-order valence-corrected chi connectivity index (χ1v) is 8.71. The Bertz CT molecular complexity index is 929. The first-order valence-electron chi connectivity index (χ1n) is 8.71. The summed E-state index contributed by atoms with van der Waals surface area (Å²) in [5.74, 6) is 1.01. The molecular formula is C21H20N2O5. The molecule has 28 heavy (non-hydrogen) atoms. The van der Waals surface area contributed by atoms with Crippen LogP contribution in [-0.2, 0) is 16.1 Å². The standard InChI is InChI=1S/C21H20N2O5/c1-14-19(15(2)28-23-14)13-26-20(24)12-22-21(25)16-8-10-18(11-9-16)27-17-6-4-3-5-7-17/h3-11H,12-13H2,1-2H3,(H,22,25). The molecule has 0 spiro atoms. The van der Waals surface area contributed by atoms with Crippen LogP contribution in [0.25, 0.3) is 0 Å². The highest BCUT2D eigenvalue weighted by Crippen LogP contribution is 2.21. The molecule has 0 radical (unpaired) electrons. The molecule has 1 amide bonds. The van der Waals surface area contributed by atoms with E-state index in [0.29, 0.717) is 28.5 Å². The van der Waals surface area contributed by atoms with Gasteiger partial charge in [0, 0.05) is 5.56 Å². The fraction of sp³-hybridized carbons (Fsp3) is 0.190. The SMILES string of the molecule is Cc1noc(C)c1COC(=O)CNC(=O)c1ccc(Oc2ccccc2)cc1. The number of ether oxygens (including phenoxy) is 2. The van der Waals surface area contributed by atoms with Crippen LogP contribution in [0.15, 0.2) is 59.1 Å². The molecule has 1 aromatic heterocycles. The number of aryl methyl sites for hydroxylation is 2. The molecule has 3 aromatic rings. The summed E-state index contributed by atoms with van der Waals surface area (Å²) in [7, 11) is 0. The Morgan fingerprint density at radius 2 is 1.68 bits per heavy atom. The fourth-order valence-electron chi connectivity index (χ4n) is 2.47. The van der Waals surface area contributed by atoms with E-state index in [4.69, 9.17) is 14.0 Å². The number of benzene rings is 2. The van der Waals surface area contributed by atoms with Gasteiger partial charge in [0.05, 0.1) is 11.3 Å². The van der Waals surface area contributed by atoms with E-state index >= 15 is 0 Å². The number of amides is 1. The van der Waals surface area contributed by atoms with Gasteiger partial charge in [0.1, 0.15) is 30.4 Å². The van der Waals surface area contributed by atoms with Crippen LogP contribution < -0.4 is 10.1 Å². The second-order valence-electron chi connectivity index (χ2n) is 6.09. The van der Waals surface area contributed by atoms with E-state index < -0.39 is 5.97 Å². The molecule has 0 atom stereocenters. The van der Waals surface area contributed by atoms with Crippen LogP contribution in [0.1, 0.15) is 27.4 Å². The van der Waals surface area contributed by atoms with E-state index in [2.05, 4.69) is 10.5 Å². The van der Waals surface area contributed by atoms with Crippen LogP contribution in [0.3, 0.4) is 0 Å². The van der Waals surface area contributed by atoms with Gasteiger partial charge in [-0.15, -0.1) is 0 Å². The van der Waals surface area contributed by atoms with Gasteiger partial charge in [0.2, 0.25) is 0 Å². The van der Waals surface area contributed by atoms with E-state index in [1.165, 1.54) is 0 Å². The lowest BCUT2D eigenvalue weighted by molar-refractivity contribution is -0.143. The Morgan fingerprint density at radius 3 is 2.32 bits per heavy atom. The average molecular weight is 380 g/mol. The fourth-order valence-corrected chi connectivity index (χ4v) is 2.47. The Labute approximate surface area is 162 Å². The first kappa shape index (κ1) is 19.2. The number of aromatic nitrogens is 1. The van der Waals surface area contributed by atoms with Crippen LogP contribution in [0.4, 0.5) is 0 Å². The van der Waals surface area contributed by atoms with E-state index in [-0.39, 0.29) is 19.1 Å². The topological polar surface area (TPSA) is 90.7 Å². The molecule has 0 saturated carbocycles. The van der Waals surface area contributed by atoms with E-state index in [0.717, 1.165) is 5.56 Å². The van der Waals surface area contributed by atoms with Crippen molar-refractivity contribution in [2.75, 3.05) is 6.54 Å². The number of rotatable bonds is 7. The summed E-state index contributed by atoms with van der Waals surface area (Å²) >= 11 is 0. The number of carbonyl (C=O) groups is 2. The Balaban J connectivity index is 1.47. The molecule has 1 heterocycles. The van der Waals surface area contributed by atoms with Gasteiger partial charge in [0.15, 0.2) is 0 Å². The summed E-state index contributed by atoms with van der Waals surface area (Å²) in [4.78, 5) is 24.0. The molecule has 0 saturated heterocycles. The Hall–Kier alpha value is -3.61. The molecular weight excluding hydrogens is 360 g/mol. The van der Waals surface area contributed by atoms with Gasteiger partial charge >= 0.3 is 5.97 Å². The monoisotopic (exact) mass is 380 g/mol. The molecule has 2 aromatic carbocycles. The predicted molar refractivity (Wildman–Crippen MR) is 101 cm³/mol. The van der Waals surface area contributed by atoms with Crippen LogP contribution in [0, 0.1) is 13.8 Å². The molecule has 3 rings (SSSR count). The minimum atomic E-state index is -0.544. The largest absolute Gasteiger partial charge is 0.459 e. The third-order valence-electron chi connectivity index (χ3n) is 4.05. The minimum Gasteiger partial charge on any atom is -0.459 e. The zero-order valence-corrected chi connectivity index (χ0v) is 15.6. The number of nitrogens with one attached hydrogen (secondary N) is 1. The minimum absolute atomic E-state index is 0.0569. The van der Waals surface area contributed by atoms with Gasteiger partial charge in [0.25, 0.3) is 5.91 Å². The maximum absolute atomic E-state index is 12.2. The first-order chi connectivity index (χ1) is 13.5. The zero-order chi connectivity index (χ0) is 19.9. The average Bonchev–Trinajstić information content (AvgIpc) is 3.03. The van der Waals surface area contributed by atoms with Crippen molar-refractivity contribution in [2.45, 2.75) is 20.5 Å². The molecule has 7 nitrogen and oxygen atoms in total. The molecule has 0 aliphatic rings. The number of carbonyl (C=O) groups excluding carboxylic acids is 2. The van der Waals surface area contributed by atoms with Crippen molar-refractivity contribution >= 4 is 11.9 Å². The summed E-state index contributed by atoms with van der Waals surface area (Å²) < 4.78 is 15.8. The molecule has 0 bridgehead atoms. The molecule has 0 aliphatic heterocycles. The van der Waals surface area contributed by atoms with E-state index in [1.54, 1.807) is 38.1 Å². The number of hydrogen-bond donors (Lipinski definition) is 1. The second-order valence-corrected chi connectivity index (χ2v) is 6.09. The van der Waals surface area contributed by atoms with Gasteiger partial charge in [-0.3, -0.25) is 9.59 Å². The predicted octanol–water partition coefficient (Wildman–Crippen LogP) is 3.56. The van der Waals surface area contributed by atoms with E-state index in [9.17, 15) is 9.59 Å². The third kappa shape index (κ3) is 4.97. The van der Waals surface area contributed by atoms with Gasteiger partial charge in [-0.25, -0.2) is 0 Å². The van der Waals surface area contributed by atoms with Crippen molar-refractivity contribution in [1.82, 2.24) is 10.5 Å². The van der Waals surface area contributed by atoms with Gasteiger partial charge in [-0.2, -0.15) is 0 Å². The molecule has 0 fully saturated rings. The highest BCUT2D eigenvalue weighted by atomic mass is 16.5. The molecule has 0 aliphatic carbocycles. The van der Waals surface area contributed by atoms with Crippen molar-refractivity contribution in [3.05, 3.63) is 77.2 Å². The highest BCUT2D eigenvalue weighted by Gasteiger charge is 2.13. The summed E-state index contributed by atoms with van der Waals surface area (Å²) in [5.41, 5.74) is 1.82. The Morgan fingerprint density at radius 1 is 1.00 bits per heavy atom. The van der Waals surface area contributed by atoms with Crippen LogP contribution in [0.2, 0.25) is 0 Å². The summed E-state index contributed by atoms with van der Waals surface area (Å²) in [6.45, 7) is 3.34. The van der Waals surface area contributed by atoms with Crippen molar-refractivity contribution in [1.29, 1.82) is 0 Å². The quantitative estimate of drug-likeness (QED) is 0.630. The lowest BCUT2D eigenvalue weighted by atomic mass is 10.2. The van der Waals surface area contributed by atoms with E-state index in [1.807, 2.05) is 30.3 Å². The lowest BCUT2D eigenvalue weighted by Gasteiger charge is -2.08. The van der Waals surface area contributed by atoms with Crippen molar-refractivity contribution in [3.8, 4) is 11.5 Å². The summed E-state index contributed by atoms with van der Waals surface area (Å²) in [6.07, 6.45) is 0. The molecule has 0 unspecified atom stereocenters. The van der Waals surface area contributed by atoms with Crippen molar-refractivity contribution in [2.24, 2.45) is 0 Å². The zero-order valence-electron chi connectivity index (χ0n) is 15.6. The maximum atomic E-state index is 12.2. The van der Waals surface area contributed by atoms with Gasteiger partial charge in [-0.05, 0) is 50.2 Å². The number of nitrogens with zero attached hydrogens (tertiary/aromatic N) is 1. The summed E-state index contributed by atoms with van der Waals surface area (Å²) in [6, 6.07) is 16.0. The normalized spacial score (nSPS) is 10.4. The lowest BCUT2D eigenvalue weighted by Crippen LogP contribution is -2.30. The molecule has 144 valence electrons. The smallest absolute Gasteiger partial charge is 0.325 e.